The zero-order chi connectivity index (χ0) is 12.5. The minimum absolute atomic E-state index is 0.264. The van der Waals surface area contributed by atoms with Crippen molar-refractivity contribution < 1.29 is 13.9 Å². The number of benzene rings is 1. The Morgan fingerprint density at radius 1 is 1.17 bits per heavy atom. The van der Waals surface area contributed by atoms with Gasteiger partial charge in [0.05, 0.1) is 13.2 Å². The first-order chi connectivity index (χ1) is 8.72. The molecule has 0 saturated heterocycles. The van der Waals surface area contributed by atoms with Crippen molar-refractivity contribution in [2.45, 2.75) is 13.2 Å². The van der Waals surface area contributed by atoms with Gasteiger partial charge in [-0.25, -0.2) is 0 Å². The van der Waals surface area contributed by atoms with Crippen molar-refractivity contribution in [1.82, 2.24) is 0 Å². The first-order valence-corrected chi connectivity index (χ1v) is 6.28. The lowest BCUT2D eigenvalue weighted by molar-refractivity contribution is 0.0995. The maximum absolute atomic E-state index is 11.9. The molecule has 4 nitrogen and oxygen atoms in total. The minimum Gasteiger partial charge on any atom is -0.444 e. The van der Waals surface area contributed by atoms with Crippen molar-refractivity contribution in [3.05, 3.63) is 51.9 Å². The number of nitrogens with one attached hydrogen (secondary N) is 1. The third kappa shape index (κ3) is 2.19. The highest BCUT2D eigenvalue weighted by molar-refractivity contribution is 9.10. The van der Waals surface area contributed by atoms with Crippen LogP contribution in [0, 0.1) is 0 Å². The first kappa shape index (κ1) is 11.5. The van der Waals surface area contributed by atoms with Crippen LogP contribution in [0.15, 0.2) is 39.4 Å². The predicted molar refractivity (Wildman–Crippen MR) is 69.3 cm³/mol. The molecule has 0 spiro atoms. The van der Waals surface area contributed by atoms with Crippen LogP contribution in [0.4, 0.5) is 5.69 Å². The van der Waals surface area contributed by atoms with Crippen LogP contribution in [0.1, 0.15) is 21.7 Å². The third-order valence-corrected chi connectivity index (χ3v) is 3.20. The van der Waals surface area contributed by atoms with Gasteiger partial charge in [-0.1, -0.05) is 6.07 Å². The molecule has 1 aliphatic rings. The molecule has 0 saturated carbocycles. The molecule has 0 atom stereocenters. The summed E-state index contributed by atoms with van der Waals surface area (Å²) in [5.74, 6) is 0.0122. The van der Waals surface area contributed by atoms with Gasteiger partial charge in [-0.2, -0.15) is 0 Å². The SMILES string of the molecule is O=C(Nc1ccc2c(c1)COC2)c1ccc(Br)o1. The van der Waals surface area contributed by atoms with Gasteiger partial charge in [0.2, 0.25) is 0 Å². The van der Waals surface area contributed by atoms with Gasteiger partial charge < -0.3 is 14.5 Å². The molecule has 1 N–H and O–H groups in total. The Morgan fingerprint density at radius 2 is 2.00 bits per heavy atom. The first-order valence-electron chi connectivity index (χ1n) is 5.48. The lowest BCUT2D eigenvalue weighted by Gasteiger charge is -2.05. The molecule has 1 aliphatic heterocycles. The topological polar surface area (TPSA) is 51.5 Å². The van der Waals surface area contributed by atoms with Crippen LogP contribution in [0.5, 0.6) is 0 Å². The number of carbonyl (C=O) groups excluding carboxylic acids is 1. The van der Waals surface area contributed by atoms with Gasteiger partial charge in [0.15, 0.2) is 10.4 Å². The summed E-state index contributed by atoms with van der Waals surface area (Å²) in [5, 5.41) is 2.79. The van der Waals surface area contributed by atoms with Crippen LogP contribution in [0.25, 0.3) is 0 Å². The highest BCUT2D eigenvalue weighted by Crippen LogP contribution is 2.24. The van der Waals surface area contributed by atoms with Gasteiger partial charge in [-0.05, 0) is 51.3 Å². The molecule has 2 aromatic rings. The number of rotatable bonds is 2. The number of furan rings is 1. The van der Waals surface area contributed by atoms with E-state index in [1.807, 2.05) is 18.2 Å². The normalized spacial score (nSPS) is 13.4. The molecule has 1 aromatic heterocycles. The number of carbonyl (C=O) groups is 1. The summed E-state index contributed by atoms with van der Waals surface area (Å²) in [7, 11) is 0. The van der Waals surface area contributed by atoms with Gasteiger partial charge in [0.25, 0.3) is 5.91 Å². The van der Waals surface area contributed by atoms with E-state index in [0.717, 1.165) is 11.3 Å². The fraction of sp³-hybridized carbons (Fsp3) is 0.154. The lowest BCUT2D eigenvalue weighted by Crippen LogP contribution is -2.11. The molecule has 0 unspecified atom stereocenters. The Morgan fingerprint density at radius 3 is 2.78 bits per heavy atom. The molecule has 5 heteroatoms. The highest BCUT2D eigenvalue weighted by atomic mass is 79.9. The second-order valence-corrected chi connectivity index (χ2v) is 4.82. The molecule has 1 aromatic carbocycles. The van der Waals surface area contributed by atoms with Crippen molar-refractivity contribution in [1.29, 1.82) is 0 Å². The van der Waals surface area contributed by atoms with Crippen LogP contribution in [-0.2, 0) is 18.0 Å². The van der Waals surface area contributed by atoms with E-state index in [4.69, 9.17) is 9.15 Å². The van der Waals surface area contributed by atoms with E-state index >= 15 is 0 Å². The summed E-state index contributed by atoms with van der Waals surface area (Å²) in [6.07, 6.45) is 0. The molecule has 1 amide bonds. The number of amides is 1. The van der Waals surface area contributed by atoms with E-state index in [2.05, 4.69) is 21.2 Å². The standard InChI is InChI=1S/C13H10BrNO3/c14-12-4-3-11(18-12)13(16)15-10-2-1-8-6-17-7-9(8)5-10/h1-5H,6-7H2,(H,15,16). The second kappa shape index (κ2) is 4.59. The number of hydrogen-bond donors (Lipinski definition) is 1. The number of anilines is 1. The zero-order valence-corrected chi connectivity index (χ0v) is 11.0. The van der Waals surface area contributed by atoms with Crippen LogP contribution in [0.3, 0.4) is 0 Å². The van der Waals surface area contributed by atoms with Gasteiger partial charge in [-0.3, -0.25) is 4.79 Å². The Bertz CT molecular complexity index is 606. The number of ether oxygens (including phenoxy) is 1. The molecular weight excluding hydrogens is 298 g/mol. The largest absolute Gasteiger partial charge is 0.444 e. The maximum Gasteiger partial charge on any atom is 0.291 e. The van der Waals surface area contributed by atoms with Gasteiger partial charge in [-0.15, -0.1) is 0 Å². The molecule has 92 valence electrons. The van der Waals surface area contributed by atoms with Crippen molar-refractivity contribution >= 4 is 27.5 Å². The Hall–Kier alpha value is -1.59. The van der Waals surface area contributed by atoms with Crippen LogP contribution < -0.4 is 5.32 Å². The van der Waals surface area contributed by atoms with Crippen LogP contribution in [0.2, 0.25) is 0 Å². The average molecular weight is 308 g/mol. The average Bonchev–Trinajstić information content (AvgIpc) is 2.96. The third-order valence-electron chi connectivity index (χ3n) is 2.78. The maximum atomic E-state index is 11.9. The summed E-state index contributed by atoms with van der Waals surface area (Å²) in [4.78, 5) is 11.9. The Balaban J connectivity index is 1.78. The van der Waals surface area contributed by atoms with Crippen molar-refractivity contribution in [3.63, 3.8) is 0 Å². The van der Waals surface area contributed by atoms with Gasteiger partial charge in [0, 0.05) is 5.69 Å². The molecule has 0 bridgehead atoms. The summed E-state index contributed by atoms with van der Waals surface area (Å²) < 4.78 is 11.1. The fourth-order valence-electron chi connectivity index (χ4n) is 1.88. The van der Waals surface area contributed by atoms with Crippen LogP contribution in [-0.4, -0.2) is 5.91 Å². The number of halogens is 1. The summed E-state index contributed by atoms with van der Waals surface area (Å²) >= 11 is 3.16. The lowest BCUT2D eigenvalue weighted by atomic mass is 10.1. The molecular formula is C13H10BrNO3. The van der Waals surface area contributed by atoms with E-state index in [1.54, 1.807) is 12.1 Å². The summed E-state index contributed by atoms with van der Waals surface area (Å²) in [6.45, 7) is 1.25. The van der Waals surface area contributed by atoms with E-state index < -0.39 is 0 Å². The van der Waals surface area contributed by atoms with E-state index in [0.29, 0.717) is 17.9 Å². The summed E-state index contributed by atoms with van der Waals surface area (Å²) in [5.41, 5.74) is 3.04. The Kier molecular flexibility index (Phi) is 2.93. The molecule has 0 fully saturated rings. The predicted octanol–water partition coefficient (Wildman–Crippen LogP) is 3.32. The van der Waals surface area contributed by atoms with E-state index in [9.17, 15) is 4.79 Å². The number of fused-ring (bicyclic) bond motifs is 1. The van der Waals surface area contributed by atoms with Crippen LogP contribution >= 0.6 is 15.9 Å². The Labute approximate surface area is 112 Å². The molecule has 0 radical (unpaired) electrons. The molecule has 18 heavy (non-hydrogen) atoms. The van der Waals surface area contributed by atoms with Crippen molar-refractivity contribution in [2.24, 2.45) is 0 Å². The monoisotopic (exact) mass is 307 g/mol. The highest BCUT2D eigenvalue weighted by Gasteiger charge is 2.14. The molecule has 0 aliphatic carbocycles. The number of hydrogen-bond acceptors (Lipinski definition) is 3. The summed E-state index contributed by atoms with van der Waals surface area (Å²) in [6, 6.07) is 9.07. The van der Waals surface area contributed by atoms with Crippen molar-refractivity contribution in [2.75, 3.05) is 5.32 Å². The zero-order valence-electron chi connectivity index (χ0n) is 9.40. The second-order valence-electron chi connectivity index (χ2n) is 4.03. The van der Waals surface area contributed by atoms with E-state index in [1.165, 1.54) is 5.56 Å². The van der Waals surface area contributed by atoms with Crippen molar-refractivity contribution in [3.8, 4) is 0 Å². The quantitative estimate of drug-likeness (QED) is 0.926. The minimum atomic E-state index is -0.264. The van der Waals surface area contributed by atoms with E-state index in [-0.39, 0.29) is 11.7 Å². The fourth-order valence-corrected chi connectivity index (χ4v) is 2.19. The van der Waals surface area contributed by atoms with Gasteiger partial charge in [0.1, 0.15) is 0 Å². The van der Waals surface area contributed by atoms with Gasteiger partial charge >= 0.3 is 0 Å². The smallest absolute Gasteiger partial charge is 0.291 e. The molecule has 3 rings (SSSR count). The molecule has 2 heterocycles.